The number of fused-ring (bicyclic) bond motifs is 11. The molecule has 7 aromatic carbocycles. The summed E-state index contributed by atoms with van der Waals surface area (Å²) in [6, 6.07) is 35.6. The van der Waals surface area contributed by atoms with Crippen molar-refractivity contribution < 1.29 is 12.3 Å². The molecule has 1 spiro atoms. The molecule has 8 aromatic rings. The lowest BCUT2D eigenvalue weighted by atomic mass is 9.63. The largest absolute Gasteiger partial charge is 0.208 e. The van der Waals surface area contributed by atoms with E-state index < -0.39 is 47.7 Å². The Morgan fingerprint density at radius 3 is 1.69 bits per heavy atom. The molecule has 1 aliphatic heterocycles. The summed E-state index contributed by atoms with van der Waals surface area (Å²) >= 11 is 1.73. The Morgan fingerprint density at radius 2 is 1.00 bits per heavy atom. The zero-order valence-electron chi connectivity index (χ0n) is 36.2. The molecule has 240 valence electrons. The van der Waals surface area contributed by atoms with Gasteiger partial charge in [-0.25, -0.2) is 15.0 Å². The van der Waals surface area contributed by atoms with Gasteiger partial charge in [-0.05, 0) is 75.7 Å². The molecule has 2 aliphatic rings. The Balaban J connectivity index is 1.35. The van der Waals surface area contributed by atoms with Gasteiger partial charge in [0.2, 0.25) is 0 Å². The summed E-state index contributed by atoms with van der Waals surface area (Å²) in [4.78, 5) is 16.5. The molecule has 0 saturated carbocycles. The third kappa shape index (κ3) is 4.64. The Labute approximate surface area is 314 Å². The first-order chi connectivity index (χ1) is 28.9. The maximum absolute atomic E-state index is 9.01. The number of nitrogens with zero attached hydrogens (tertiary/aromatic N) is 3. The molecule has 0 amide bonds. The zero-order chi connectivity index (χ0) is 41.8. The molecule has 1 aromatic heterocycles. The van der Waals surface area contributed by atoms with Crippen molar-refractivity contribution in [3.05, 3.63) is 197 Å². The van der Waals surface area contributed by atoms with Crippen molar-refractivity contribution in [1.82, 2.24) is 15.0 Å². The molecule has 10 rings (SSSR count). The van der Waals surface area contributed by atoms with Gasteiger partial charge < -0.3 is 0 Å². The molecule has 1 aliphatic carbocycles. The van der Waals surface area contributed by atoms with Crippen LogP contribution in [0.1, 0.15) is 40.2 Å². The highest BCUT2D eigenvalue weighted by Crippen LogP contribution is 2.61. The minimum atomic E-state index is -0.866. The maximum atomic E-state index is 9.01. The average molecular weight is 679 g/mol. The minimum Gasteiger partial charge on any atom is -0.208 e. The van der Waals surface area contributed by atoms with E-state index in [2.05, 4.69) is 83.8 Å². The second kappa shape index (κ2) is 11.8. The first-order valence-electron chi connectivity index (χ1n) is 21.0. The molecule has 0 unspecified atom stereocenters. The first kappa shape index (κ1) is 21.9. The predicted octanol–water partition coefficient (Wildman–Crippen LogP) is 11.7. The van der Waals surface area contributed by atoms with Gasteiger partial charge in [0.1, 0.15) is 0 Å². The Bertz CT molecular complexity index is 2980. The van der Waals surface area contributed by atoms with Crippen LogP contribution in [0.5, 0.6) is 0 Å². The van der Waals surface area contributed by atoms with Crippen molar-refractivity contribution in [3.8, 4) is 56.4 Å². The van der Waals surface area contributed by atoms with Gasteiger partial charge in [0.15, 0.2) is 17.5 Å². The summed E-state index contributed by atoms with van der Waals surface area (Å²) in [6.45, 7) is 1.52. The average Bonchev–Trinajstić information content (AvgIpc) is 3.38. The highest BCUT2D eigenvalue weighted by molar-refractivity contribution is 7.99. The topological polar surface area (TPSA) is 38.7 Å². The highest BCUT2D eigenvalue weighted by Gasteiger charge is 2.48. The van der Waals surface area contributed by atoms with Gasteiger partial charge in [0.05, 0.1) is 17.8 Å². The summed E-state index contributed by atoms with van der Waals surface area (Å²) < 4.78 is 77.7. The smallest absolute Gasteiger partial charge is 0.164 e. The number of benzene rings is 7. The molecule has 2 heterocycles. The van der Waals surface area contributed by atoms with Crippen molar-refractivity contribution in [3.63, 3.8) is 0 Å². The molecule has 0 N–H and O–H groups in total. The fourth-order valence-electron chi connectivity index (χ4n) is 7.59. The summed E-state index contributed by atoms with van der Waals surface area (Å²) in [6.07, 6.45) is 0. The second-order valence-corrected chi connectivity index (χ2v) is 13.6. The minimum absolute atomic E-state index is 0.0651. The van der Waals surface area contributed by atoms with Gasteiger partial charge in [-0.1, -0.05) is 163 Å². The van der Waals surface area contributed by atoms with E-state index in [4.69, 9.17) is 22.3 Å². The van der Waals surface area contributed by atoms with Crippen LogP contribution < -0.4 is 0 Å². The highest BCUT2D eigenvalue weighted by atomic mass is 32.2. The third-order valence-corrected chi connectivity index (χ3v) is 10.8. The summed E-state index contributed by atoms with van der Waals surface area (Å²) in [5.41, 5.74) is 7.75. The van der Waals surface area contributed by atoms with Crippen LogP contribution in [0.4, 0.5) is 0 Å². The number of hydrogen-bond acceptors (Lipinski definition) is 4. The van der Waals surface area contributed by atoms with E-state index >= 15 is 0 Å². The van der Waals surface area contributed by atoms with E-state index in [1.54, 1.807) is 11.8 Å². The normalized spacial score (nSPS) is 15.7. The maximum Gasteiger partial charge on any atom is 0.164 e. The molecule has 0 fully saturated rings. The summed E-state index contributed by atoms with van der Waals surface area (Å²) in [5.74, 6) is -0.385. The van der Waals surface area contributed by atoms with Crippen LogP contribution in [-0.4, -0.2) is 15.0 Å². The molecular formula is C47H31N3S. The lowest BCUT2D eigenvalue weighted by Crippen LogP contribution is -2.34. The van der Waals surface area contributed by atoms with Crippen LogP contribution in [0.3, 0.4) is 0 Å². The molecular weight excluding hydrogens is 639 g/mol. The van der Waals surface area contributed by atoms with Crippen LogP contribution >= 0.6 is 11.8 Å². The van der Waals surface area contributed by atoms with Crippen molar-refractivity contribution in [2.24, 2.45) is 0 Å². The first-order valence-corrected chi connectivity index (χ1v) is 17.4. The molecule has 0 radical (unpaired) electrons. The van der Waals surface area contributed by atoms with Crippen molar-refractivity contribution >= 4 is 11.8 Å². The Hall–Kier alpha value is -6.10. The van der Waals surface area contributed by atoms with E-state index in [0.29, 0.717) is 5.56 Å². The van der Waals surface area contributed by atoms with Gasteiger partial charge in [0, 0.05) is 26.5 Å². The molecule has 0 bridgehead atoms. The Kier molecular flexibility index (Phi) is 5.04. The molecule has 0 atom stereocenters. The van der Waals surface area contributed by atoms with E-state index in [0.717, 1.165) is 54.3 Å². The van der Waals surface area contributed by atoms with Crippen LogP contribution in [0.2, 0.25) is 0 Å². The molecule has 0 saturated heterocycles. The SMILES string of the molecule is [2H]c1c([2H])c([2H])c(-c2nc(-c3ccc4c(c3)C3(c5ccccc5Sc5ccccc53)c3ccccc3-c3ccccc3-4)nc(-c3c([2H])c([2H])c([2H])c(C)c3[2H])n2)c([2H])c1[2H]. The molecule has 3 nitrogen and oxygen atoms in total. The Morgan fingerprint density at radius 1 is 0.471 bits per heavy atom. The van der Waals surface area contributed by atoms with Crippen LogP contribution in [0.15, 0.2) is 179 Å². The number of aromatic nitrogens is 3. The van der Waals surface area contributed by atoms with Crippen LogP contribution in [0.25, 0.3) is 56.4 Å². The zero-order valence-corrected chi connectivity index (χ0v) is 28.0. The third-order valence-electron chi connectivity index (χ3n) is 9.65. The van der Waals surface area contributed by atoms with Gasteiger partial charge in [-0.15, -0.1) is 0 Å². The molecule has 4 heteroatoms. The van der Waals surface area contributed by atoms with Gasteiger partial charge in [-0.2, -0.15) is 0 Å². The van der Waals surface area contributed by atoms with Crippen molar-refractivity contribution in [2.45, 2.75) is 22.1 Å². The second-order valence-electron chi connectivity index (χ2n) is 12.5. The van der Waals surface area contributed by atoms with Gasteiger partial charge in [-0.3, -0.25) is 0 Å². The van der Waals surface area contributed by atoms with E-state index in [-0.39, 0.29) is 46.2 Å². The van der Waals surface area contributed by atoms with Crippen molar-refractivity contribution in [1.29, 1.82) is 0 Å². The lowest BCUT2D eigenvalue weighted by Gasteiger charge is -2.42. The van der Waals surface area contributed by atoms with E-state index in [1.807, 2.05) is 36.4 Å². The predicted molar refractivity (Wildman–Crippen MR) is 208 cm³/mol. The summed E-state index contributed by atoms with van der Waals surface area (Å²) in [5, 5.41) is 0. The number of hydrogen-bond donors (Lipinski definition) is 0. The monoisotopic (exact) mass is 678 g/mol. The van der Waals surface area contributed by atoms with Gasteiger partial charge >= 0.3 is 0 Å². The van der Waals surface area contributed by atoms with Crippen molar-refractivity contribution in [2.75, 3.05) is 0 Å². The van der Waals surface area contributed by atoms with Gasteiger partial charge in [0.25, 0.3) is 0 Å². The fraction of sp³-hybridized carbons (Fsp3) is 0.0426. The number of rotatable bonds is 3. The fourth-order valence-corrected chi connectivity index (χ4v) is 8.78. The standard InChI is InChI=1S/C47H31N3S/c1-30-14-13-17-32(28-30)45-48-44(31-15-3-2-4-16-31)49-46(50-45)33-26-27-37-35-19-6-5-18-34(35)36-20-7-8-21-38(36)47(41(37)29-33)39-22-9-11-24-42(39)51-43-25-12-10-23-40(43)47/h2-29H,1H3/i2D,3D,4D,13D,14D,15D,16D,17D,28D. The molecule has 51 heavy (non-hydrogen) atoms. The van der Waals surface area contributed by atoms with Crippen LogP contribution in [-0.2, 0) is 5.41 Å². The quantitative estimate of drug-likeness (QED) is 0.186. The van der Waals surface area contributed by atoms with E-state index in [9.17, 15) is 0 Å². The van der Waals surface area contributed by atoms with Crippen LogP contribution in [0, 0.1) is 6.92 Å². The summed E-state index contributed by atoms with van der Waals surface area (Å²) in [7, 11) is 0. The van der Waals surface area contributed by atoms with E-state index in [1.165, 1.54) is 6.92 Å². The lowest BCUT2D eigenvalue weighted by molar-refractivity contribution is 0.708.